The number of hydrogen-bond donors (Lipinski definition) is 3. The van der Waals surface area contributed by atoms with Gasteiger partial charge in [-0.15, -0.1) is 0 Å². The zero-order valence-corrected chi connectivity index (χ0v) is 21.4. The summed E-state index contributed by atoms with van der Waals surface area (Å²) in [6, 6.07) is 19.5. The number of hydrogen-bond acceptors (Lipinski definition) is 4. The predicted octanol–water partition coefficient (Wildman–Crippen LogP) is 6.12. The minimum absolute atomic E-state index is 0.348. The standard InChI is InChI=1S/C30H32F3NO5/c31-30(32,33)25-15-11-22(12-16-25)23-13-17-26(18-14-23)39-19-5-3-1-2-4-6-21-7-9-24(10-8-21)28(36)34-20-27(35)29(37)38/h7-18,27,35H,1-6,19-20H2,(H,34,36)(H,37,38). The Morgan fingerprint density at radius 2 is 1.36 bits per heavy atom. The zero-order chi connectivity index (χ0) is 28.3. The molecule has 0 spiro atoms. The van der Waals surface area contributed by atoms with Crippen molar-refractivity contribution in [2.45, 2.75) is 50.8 Å². The first-order valence-electron chi connectivity index (χ1n) is 12.8. The fourth-order valence-corrected chi connectivity index (χ4v) is 3.95. The maximum Gasteiger partial charge on any atom is 0.416 e. The molecular formula is C30H32F3NO5. The van der Waals surface area contributed by atoms with Crippen molar-refractivity contribution >= 4 is 11.9 Å². The number of benzene rings is 3. The SMILES string of the molecule is O=C(NCC(O)C(=O)O)c1ccc(CCCCCCCOc2ccc(-c3ccc(C(F)(F)F)cc3)cc2)cc1. The molecular weight excluding hydrogens is 511 g/mol. The Labute approximate surface area is 225 Å². The van der Waals surface area contributed by atoms with Crippen LogP contribution in [0.1, 0.15) is 53.6 Å². The van der Waals surface area contributed by atoms with Gasteiger partial charge in [-0.3, -0.25) is 4.79 Å². The summed E-state index contributed by atoms with van der Waals surface area (Å²) in [5.41, 5.74) is 2.39. The number of nitrogens with one attached hydrogen (secondary N) is 1. The molecule has 3 aromatic rings. The highest BCUT2D eigenvalue weighted by molar-refractivity contribution is 5.94. The Morgan fingerprint density at radius 1 is 0.795 bits per heavy atom. The molecule has 0 heterocycles. The Bertz CT molecular complexity index is 1190. The van der Waals surface area contributed by atoms with E-state index in [1.165, 1.54) is 12.1 Å². The van der Waals surface area contributed by atoms with Crippen LogP contribution in [0, 0.1) is 0 Å². The second-order valence-corrected chi connectivity index (χ2v) is 9.23. The van der Waals surface area contributed by atoms with Crippen molar-refractivity contribution in [3.05, 3.63) is 89.5 Å². The molecule has 3 aromatic carbocycles. The van der Waals surface area contributed by atoms with Crippen LogP contribution < -0.4 is 10.1 Å². The number of aryl methyl sites for hydroxylation is 1. The van der Waals surface area contributed by atoms with Gasteiger partial charge in [-0.2, -0.15) is 13.2 Å². The molecule has 1 atom stereocenters. The molecule has 0 aliphatic rings. The minimum Gasteiger partial charge on any atom is -0.494 e. The number of carboxylic acid groups (broad SMARTS) is 1. The van der Waals surface area contributed by atoms with Gasteiger partial charge in [0.05, 0.1) is 18.7 Å². The fraction of sp³-hybridized carbons (Fsp3) is 0.333. The third kappa shape index (κ3) is 9.76. The van der Waals surface area contributed by atoms with Gasteiger partial charge in [-0.1, -0.05) is 55.7 Å². The molecule has 9 heteroatoms. The third-order valence-electron chi connectivity index (χ3n) is 6.24. The quantitative estimate of drug-likeness (QED) is 0.213. The molecule has 0 saturated heterocycles. The van der Waals surface area contributed by atoms with Crippen LogP contribution in [0.25, 0.3) is 11.1 Å². The number of halogens is 3. The number of aliphatic hydroxyl groups excluding tert-OH is 1. The van der Waals surface area contributed by atoms with Crippen LogP contribution in [0.5, 0.6) is 5.75 Å². The molecule has 0 aliphatic heterocycles. The van der Waals surface area contributed by atoms with E-state index in [0.717, 1.165) is 67.5 Å². The van der Waals surface area contributed by atoms with Gasteiger partial charge in [0, 0.05) is 5.56 Å². The number of carbonyl (C=O) groups is 2. The number of carbonyl (C=O) groups excluding carboxylic acids is 1. The summed E-state index contributed by atoms with van der Waals surface area (Å²) in [5.74, 6) is -1.09. The average Bonchev–Trinajstić information content (AvgIpc) is 2.93. The van der Waals surface area contributed by atoms with Crippen molar-refractivity contribution in [1.82, 2.24) is 5.32 Å². The number of amides is 1. The summed E-state index contributed by atoms with van der Waals surface area (Å²) >= 11 is 0. The molecule has 0 bridgehead atoms. The molecule has 0 aromatic heterocycles. The largest absolute Gasteiger partial charge is 0.494 e. The molecule has 0 fully saturated rings. The van der Waals surface area contributed by atoms with Crippen LogP contribution in [0.2, 0.25) is 0 Å². The normalized spacial score (nSPS) is 12.1. The molecule has 6 nitrogen and oxygen atoms in total. The van der Waals surface area contributed by atoms with Gasteiger partial charge in [0.2, 0.25) is 0 Å². The van der Waals surface area contributed by atoms with Crippen molar-refractivity contribution in [2.75, 3.05) is 13.2 Å². The van der Waals surface area contributed by atoms with Crippen molar-refractivity contribution in [1.29, 1.82) is 0 Å². The van der Waals surface area contributed by atoms with Crippen LogP contribution in [0.3, 0.4) is 0 Å². The van der Waals surface area contributed by atoms with E-state index in [2.05, 4.69) is 5.32 Å². The highest BCUT2D eigenvalue weighted by Crippen LogP contribution is 2.31. The molecule has 0 radical (unpaired) electrons. The van der Waals surface area contributed by atoms with Gasteiger partial charge < -0.3 is 20.3 Å². The van der Waals surface area contributed by atoms with Crippen LogP contribution in [0.4, 0.5) is 13.2 Å². The first-order chi connectivity index (χ1) is 18.6. The number of ether oxygens (including phenoxy) is 1. The smallest absolute Gasteiger partial charge is 0.416 e. The summed E-state index contributed by atoms with van der Waals surface area (Å²) < 4.78 is 44.0. The second-order valence-electron chi connectivity index (χ2n) is 9.23. The van der Waals surface area contributed by atoms with Crippen LogP contribution in [0.15, 0.2) is 72.8 Å². The summed E-state index contributed by atoms with van der Waals surface area (Å²) in [6.45, 7) is 0.242. The topological polar surface area (TPSA) is 95.9 Å². The summed E-state index contributed by atoms with van der Waals surface area (Å²) in [5, 5.41) is 20.3. The van der Waals surface area contributed by atoms with E-state index in [1.807, 2.05) is 36.4 Å². The lowest BCUT2D eigenvalue weighted by Gasteiger charge is -2.09. The molecule has 208 valence electrons. The van der Waals surface area contributed by atoms with E-state index >= 15 is 0 Å². The van der Waals surface area contributed by atoms with Gasteiger partial charge in [-0.05, 0) is 72.4 Å². The Balaban J connectivity index is 1.27. The summed E-state index contributed by atoms with van der Waals surface area (Å²) in [7, 11) is 0. The second kappa shape index (κ2) is 14.3. The highest BCUT2D eigenvalue weighted by atomic mass is 19.4. The number of rotatable bonds is 14. The first kappa shape index (κ1) is 29.7. The van der Waals surface area contributed by atoms with E-state index < -0.39 is 29.7 Å². The predicted molar refractivity (Wildman–Crippen MR) is 142 cm³/mol. The van der Waals surface area contributed by atoms with Crippen LogP contribution >= 0.6 is 0 Å². The monoisotopic (exact) mass is 543 g/mol. The van der Waals surface area contributed by atoms with E-state index in [9.17, 15) is 27.9 Å². The molecule has 1 amide bonds. The van der Waals surface area contributed by atoms with Crippen LogP contribution in [-0.4, -0.2) is 41.3 Å². The van der Waals surface area contributed by atoms with Gasteiger partial charge in [-0.25, -0.2) is 4.79 Å². The summed E-state index contributed by atoms with van der Waals surface area (Å²) in [6.07, 6.45) is 0.0229. The Hall–Kier alpha value is -3.85. The van der Waals surface area contributed by atoms with E-state index in [0.29, 0.717) is 17.7 Å². The lowest BCUT2D eigenvalue weighted by Crippen LogP contribution is -2.36. The van der Waals surface area contributed by atoms with Gasteiger partial charge in [0.15, 0.2) is 6.10 Å². The Kier molecular flexibility index (Phi) is 10.9. The van der Waals surface area contributed by atoms with Gasteiger partial charge in [0.1, 0.15) is 5.75 Å². The van der Waals surface area contributed by atoms with Gasteiger partial charge >= 0.3 is 12.1 Å². The highest BCUT2D eigenvalue weighted by Gasteiger charge is 2.29. The third-order valence-corrected chi connectivity index (χ3v) is 6.24. The number of unbranched alkanes of at least 4 members (excludes halogenated alkanes) is 4. The van der Waals surface area contributed by atoms with Crippen molar-refractivity contribution in [2.24, 2.45) is 0 Å². The zero-order valence-electron chi connectivity index (χ0n) is 21.4. The number of alkyl halides is 3. The lowest BCUT2D eigenvalue weighted by molar-refractivity contribution is -0.146. The molecule has 1 unspecified atom stereocenters. The van der Waals surface area contributed by atoms with E-state index in [-0.39, 0.29) is 6.54 Å². The number of carboxylic acids is 1. The molecule has 3 rings (SSSR count). The van der Waals surface area contributed by atoms with Gasteiger partial charge in [0.25, 0.3) is 5.91 Å². The summed E-state index contributed by atoms with van der Waals surface area (Å²) in [4.78, 5) is 22.6. The first-order valence-corrected chi connectivity index (χ1v) is 12.8. The van der Waals surface area contributed by atoms with Crippen molar-refractivity contribution < 1.29 is 37.7 Å². The lowest BCUT2D eigenvalue weighted by atomic mass is 10.0. The molecule has 0 aliphatic carbocycles. The van der Waals surface area contributed by atoms with Crippen molar-refractivity contribution in [3.63, 3.8) is 0 Å². The average molecular weight is 544 g/mol. The molecule has 0 saturated carbocycles. The molecule has 39 heavy (non-hydrogen) atoms. The number of aliphatic carboxylic acids is 1. The minimum atomic E-state index is -4.34. The van der Waals surface area contributed by atoms with Crippen molar-refractivity contribution in [3.8, 4) is 16.9 Å². The van der Waals surface area contributed by atoms with E-state index in [4.69, 9.17) is 9.84 Å². The fourth-order valence-electron chi connectivity index (χ4n) is 3.95. The maximum atomic E-state index is 12.7. The number of aliphatic hydroxyl groups is 1. The molecule has 3 N–H and O–H groups in total. The van der Waals surface area contributed by atoms with Crippen LogP contribution in [-0.2, 0) is 17.4 Å². The van der Waals surface area contributed by atoms with E-state index in [1.54, 1.807) is 12.1 Å². The maximum absolute atomic E-state index is 12.7. The Morgan fingerprint density at radius 3 is 1.95 bits per heavy atom.